The number of nitrogens with one attached hydrogen (secondary N) is 1. The minimum atomic E-state index is 0.729. The van der Waals surface area contributed by atoms with E-state index in [1.807, 2.05) is 43.3 Å². The van der Waals surface area contributed by atoms with Crippen LogP contribution < -0.4 is 10.1 Å². The first-order chi connectivity index (χ1) is 10.7. The quantitative estimate of drug-likeness (QED) is 0.750. The van der Waals surface area contributed by atoms with Gasteiger partial charge in [-0.1, -0.05) is 35.9 Å². The van der Waals surface area contributed by atoms with Gasteiger partial charge in [0.05, 0.1) is 7.11 Å². The Morgan fingerprint density at radius 3 is 2.64 bits per heavy atom. The number of benzene rings is 2. The largest absolute Gasteiger partial charge is 0.494 e. The number of para-hydroxylation sites is 1. The zero-order valence-corrected chi connectivity index (χ0v) is 13.3. The first-order valence-corrected chi connectivity index (χ1v) is 7.48. The molecule has 4 heteroatoms. The van der Waals surface area contributed by atoms with Crippen molar-refractivity contribution in [3.63, 3.8) is 0 Å². The third-order valence-electron chi connectivity index (χ3n) is 3.55. The molecule has 0 bridgehead atoms. The van der Waals surface area contributed by atoms with E-state index in [1.165, 1.54) is 5.56 Å². The van der Waals surface area contributed by atoms with Crippen LogP contribution in [-0.4, -0.2) is 12.1 Å². The van der Waals surface area contributed by atoms with Gasteiger partial charge >= 0.3 is 0 Å². The zero-order chi connectivity index (χ0) is 15.5. The van der Waals surface area contributed by atoms with E-state index >= 15 is 0 Å². The number of fused-ring (bicyclic) bond motifs is 1. The summed E-state index contributed by atoms with van der Waals surface area (Å²) in [5.41, 5.74) is 4.06. The predicted molar refractivity (Wildman–Crippen MR) is 91.8 cm³/mol. The van der Waals surface area contributed by atoms with Crippen molar-refractivity contribution in [3.05, 3.63) is 64.8 Å². The number of aromatic nitrogens is 1. The number of hydrogen-bond donors (Lipinski definition) is 1. The second kappa shape index (κ2) is 6.24. The lowest BCUT2D eigenvalue weighted by molar-refractivity contribution is 0.419. The Balaban J connectivity index is 1.94. The van der Waals surface area contributed by atoms with Crippen LogP contribution in [0.5, 0.6) is 5.75 Å². The lowest BCUT2D eigenvalue weighted by Gasteiger charge is -2.12. The van der Waals surface area contributed by atoms with Crippen LogP contribution in [0.4, 0.5) is 5.69 Å². The maximum atomic E-state index is 5.92. The van der Waals surface area contributed by atoms with E-state index in [9.17, 15) is 0 Å². The monoisotopic (exact) mass is 312 g/mol. The Morgan fingerprint density at radius 2 is 1.91 bits per heavy atom. The van der Waals surface area contributed by atoms with E-state index in [0.717, 1.165) is 39.6 Å². The van der Waals surface area contributed by atoms with Crippen molar-refractivity contribution in [2.75, 3.05) is 12.4 Å². The summed E-state index contributed by atoms with van der Waals surface area (Å²) in [5, 5.41) is 5.28. The smallest absolute Gasteiger partial charge is 0.145 e. The van der Waals surface area contributed by atoms with Crippen LogP contribution in [0.25, 0.3) is 10.9 Å². The van der Waals surface area contributed by atoms with Crippen LogP contribution in [0.15, 0.2) is 48.5 Å². The van der Waals surface area contributed by atoms with E-state index in [2.05, 4.69) is 22.4 Å². The van der Waals surface area contributed by atoms with Crippen molar-refractivity contribution < 1.29 is 4.74 Å². The molecule has 1 heterocycles. The first kappa shape index (κ1) is 14.7. The molecule has 0 aliphatic rings. The molecule has 0 fully saturated rings. The average molecular weight is 313 g/mol. The summed E-state index contributed by atoms with van der Waals surface area (Å²) in [5.74, 6) is 0.788. The van der Waals surface area contributed by atoms with Crippen LogP contribution >= 0.6 is 11.6 Å². The molecule has 0 spiro atoms. The summed E-state index contributed by atoms with van der Waals surface area (Å²) in [6.07, 6.45) is 0. The van der Waals surface area contributed by atoms with Gasteiger partial charge in [0, 0.05) is 28.3 Å². The third kappa shape index (κ3) is 3.00. The number of nitrogens with zero attached hydrogens (tertiary/aromatic N) is 1. The molecule has 0 aliphatic carbocycles. The van der Waals surface area contributed by atoms with Crippen molar-refractivity contribution >= 4 is 28.2 Å². The van der Waals surface area contributed by atoms with Crippen molar-refractivity contribution in [3.8, 4) is 5.75 Å². The molecule has 0 saturated carbocycles. The van der Waals surface area contributed by atoms with Crippen LogP contribution in [-0.2, 0) is 6.54 Å². The van der Waals surface area contributed by atoms with Gasteiger partial charge in [-0.2, -0.15) is 0 Å². The summed E-state index contributed by atoms with van der Waals surface area (Å²) in [4.78, 5) is 4.59. The summed E-state index contributed by atoms with van der Waals surface area (Å²) < 4.78 is 5.41. The Labute approximate surface area is 134 Å². The highest BCUT2D eigenvalue weighted by Gasteiger charge is 2.08. The Bertz CT molecular complexity index is 800. The van der Waals surface area contributed by atoms with Gasteiger partial charge in [0.2, 0.25) is 0 Å². The highest BCUT2D eigenvalue weighted by Crippen LogP contribution is 2.30. The topological polar surface area (TPSA) is 34.1 Å². The predicted octanol–water partition coefficient (Wildman–Crippen LogP) is 4.82. The fraction of sp³-hybridized carbons (Fsp3) is 0.167. The van der Waals surface area contributed by atoms with Crippen LogP contribution in [0.3, 0.4) is 0 Å². The van der Waals surface area contributed by atoms with E-state index < -0.39 is 0 Å². The zero-order valence-electron chi connectivity index (χ0n) is 12.6. The average Bonchev–Trinajstić information content (AvgIpc) is 2.53. The maximum Gasteiger partial charge on any atom is 0.145 e. The number of methoxy groups -OCH3 is 1. The van der Waals surface area contributed by atoms with Crippen molar-refractivity contribution in [1.82, 2.24) is 4.98 Å². The number of anilines is 1. The molecule has 0 saturated heterocycles. The maximum absolute atomic E-state index is 5.92. The second-order valence-electron chi connectivity index (χ2n) is 5.15. The molecular weight excluding hydrogens is 296 g/mol. The molecule has 112 valence electrons. The summed E-state index contributed by atoms with van der Waals surface area (Å²) in [6, 6.07) is 15.9. The standard InChI is InChI=1S/C18H17ClN2O/c1-12-10-16(20-11-13-6-8-14(19)9-7-13)15-4-3-5-17(22-2)18(15)21-12/h3-10H,11H2,1-2H3,(H,20,21). The fourth-order valence-corrected chi connectivity index (χ4v) is 2.59. The molecule has 0 atom stereocenters. The molecule has 3 rings (SSSR count). The number of hydrogen-bond acceptors (Lipinski definition) is 3. The van der Waals surface area contributed by atoms with Gasteiger partial charge in [-0.15, -0.1) is 0 Å². The van der Waals surface area contributed by atoms with Gasteiger partial charge in [-0.25, -0.2) is 4.98 Å². The highest BCUT2D eigenvalue weighted by atomic mass is 35.5. The lowest BCUT2D eigenvalue weighted by Crippen LogP contribution is -2.01. The van der Waals surface area contributed by atoms with Gasteiger partial charge in [0.1, 0.15) is 11.3 Å². The van der Waals surface area contributed by atoms with Gasteiger partial charge in [-0.3, -0.25) is 0 Å². The third-order valence-corrected chi connectivity index (χ3v) is 3.80. The molecule has 0 aliphatic heterocycles. The molecule has 0 unspecified atom stereocenters. The normalized spacial score (nSPS) is 10.7. The molecule has 3 nitrogen and oxygen atoms in total. The molecule has 0 amide bonds. The number of rotatable bonds is 4. The Hall–Kier alpha value is -2.26. The van der Waals surface area contributed by atoms with E-state index in [4.69, 9.17) is 16.3 Å². The fourth-order valence-electron chi connectivity index (χ4n) is 2.46. The minimum absolute atomic E-state index is 0.729. The van der Waals surface area contributed by atoms with Crippen molar-refractivity contribution in [2.24, 2.45) is 0 Å². The SMILES string of the molecule is COc1cccc2c(NCc3ccc(Cl)cc3)cc(C)nc12. The van der Waals surface area contributed by atoms with E-state index in [1.54, 1.807) is 7.11 Å². The lowest BCUT2D eigenvalue weighted by atomic mass is 10.1. The van der Waals surface area contributed by atoms with Crippen LogP contribution in [0.2, 0.25) is 5.02 Å². The number of aryl methyl sites for hydroxylation is 1. The van der Waals surface area contributed by atoms with E-state index in [0.29, 0.717) is 0 Å². The molecule has 3 aromatic rings. The number of pyridine rings is 1. The van der Waals surface area contributed by atoms with E-state index in [-0.39, 0.29) is 0 Å². The van der Waals surface area contributed by atoms with Crippen LogP contribution in [0, 0.1) is 6.92 Å². The summed E-state index contributed by atoms with van der Waals surface area (Å²) in [6.45, 7) is 2.71. The molecular formula is C18H17ClN2O. The number of ether oxygens (including phenoxy) is 1. The first-order valence-electron chi connectivity index (χ1n) is 7.10. The molecule has 22 heavy (non-hydrogen) atoms. The van der Waals surface area contributed by atoms with Gasteiger partial charge < -0.3 is 10.1 Å². The minimum Gasteiger partial charge on any atom is -0.494 e. The van der Waals surface area contributed by atoms with Gasteiger partial charge in [0.15, 0.2) is 0 Å². The van der Waals surface area contributed by atoms with Crippen molar-refractivity contribution in [1.29, 1.82) is 0 Å². The molecule has 0 radical (unpaired) electrons. The molecule has 1 aromatic heterocycles. The number of halogens is 1. The second-order valence-corrected chi connectivity index (χ2v) is 5.58. The van der Waals surface area contributed by atoms with Gasteiger partial charge in [-0.05, 0) is 36.8 Å². The highest BCUT2D eigenvalue weighted by molar-refractivity contribution is 6.30. The Kier molecular flexibility index (Phi) is 4.16. The summed E-state index contributed by atoms with van der Waals surface area (Å²) >= 11 is 5.92. The Morgan fingerprint density at radius 1 is 1.14 bits per heavy atom. The summed E-state index contributed by atoms with van der Waals surface area (Å²) in [7, 11) is 1.67. The molecule has 1 N–H and O–H groups in total. The molecule has 2 aromatic carbocycles. The van der Waals surface area contributed by atoms with Crippen LogP contribution in [0.1, 0.15) is 11.3 Å². The van der Waals surface area contributed by atoms with Gasteiger partial charge in [0.25, 0.3) is 0 Å². The van der Waals surface area contributed by atoms with Crippen molar-refractivity contribution in [2.45, 2.75) is 13.5 Å².